The van der Waals surface area contributed by atoms with Crippen molar-refractivity contribution in [1.82, 2.24) is 30.1 Å². The van der Waals surface area contributed by atoms with E-state index in [0.717, 1.165) is 31.6 Å². The van der Waals surface area contributed by atoms with Gasteiger partial charge in [-0.15, -0.1) is 0 Å². The Morgan fingerprint density at radius 1 is 1.18 bits per heavy atom. The lowest BCUT2D eigenvalue weighted by atomic mass is 9.81. The van der Waals surface area contributed by atoms with Gasteiger partial charge in [-0.05, 0) is 24.1 Å². The summed E-state index contributed by atoms with van der Waals surface area (Å²) in [5.74, 6) is -0.371. The van der Waals surface area contributed by atoms with Crippen molar-refractivity contribution in [2.24, 2.45) is 5.41 Å². The number of alkyl halides is 1. The van der Waals surface area contributed by atoms with Gasteiger partial charge in [-0.2, -0.15) is 5.10 Å². The maximum absolute atomic E-state index is 13.2. The van der Waals surface area contributed by atoms with E-state index in [1.807, 2.05) is 6.07 Å². The largest absolute Gasteiger partial charge is 0.482 e. The summed E-state index contributed by atoms with van der Waals surface area (Å²) in [6, 6.07) is 8.43. The minimum absolute atomic E-state index is 0.0164. The molecule has 5 heterocycles. The van der Waals surface area contributed by atoms with E-state index in [9.17, 15) is 18.8 Å². The minimum Gasteiger partial charge on any atom is -0.482 e. The predicted molar refractivity (Wildman–Crippen MR) is 141 cm³/mol. The van der Waals surface area contributed by atoms with E-state index in [4.69, 9.17) is 4.74 Å². The molecule has 2 atom stereocenters. The number of carbonyl (C=O) groups is 3. The number of hydrogen-bond acceptors (Lipinski definition) is 7. The molecule has 12 heteroatoms. The Labute approximate surface area is 224 Å². The van der Waals surface area contributed by atoms with Crippen molar-refractivity contribution in [1.29, 1.82) is 0 Å². The first kappa shape index (κ1) is 26.3. The van der Waals surface area contributed by atoms with Crippen LogP contribution in [0.2, 0.25) is 0 Å². The van der Waals surface area contributed by atoms with E-state index >= 15 is 0 Å². The summed E-state index contributed by atoms with van der Waals surface area (Å²) in [4.78, 5) is 44.6. The molecular formula is C27H30FN7O4. The first-order valence-corrected chi connectivity index (χ1v) is 12.6. The number of aromatic nitrogens is 3. The smallest absolute Gasteiger partial charge is 0.270 e. The van der Waals surface area contributed by atoms with Crippen molar-refractivity contribution in [3.8, 4) is 5.75 Å². The Bertz CT molecular complexity index is 1470. The monoisotopic (exact) mass is 535 g/mol. The zero-order chi connectivity index (χ0) is 27.6. The zero-order valence-electron chi connectivity index (χ0n) is 21.8. The molecule has 0 saturated carbocycles. The molecule has 2 unspecified atom stereocenters. The van der Waals surface area contributed by atoms with Crippen LogP contribution in [0.15, 0.2) is 48.2 Å². The van der Waals surface area contributed by atoms with Crippen LogP contribution in [0.25, 0.3) is 5.65 Å². The van der Waals surface area contributed by atoms with Crippen molar-refractivity contribution >= 4 is 29.1 Å². The van der Waals surface area contributed by atoms with Crippen molar-refractivity contribution in [2.75, 3.05) is 45.3 Å². The molecule has 3 aliphatic heterocycles. The lowest BCUT2D eigenvalue weighted by Gasteiger charge is -2.38. The third kappa shape index (κ3) is 5.60. The number of ether oxygens (including phenoxy) is 1. The van der Waals surface area contributed by atoms with Gasteiger partial charge in [0.25, 0.3) is 17.7 Å². The van der Waals surface area contributed by atoms with Gasteiger partial charge < -0.3 is 20.7 Å². The number of amides is 3. The van der Waals surface area contributed by atoms with Crippen LogP contribution in [0.1, 0.15) is 39.9 Å². The average molecular weight is 536 g/mol. The Morgan fingerprint density at radius 3 is 2.85 bits per heavy atom. The van der Waals surface area contributed by atoms with E-state index in [0.29, 0.717) is 30.8 Å². The predicted octanol–water partition coefficient (Wildman–Crippen LogP) is 1.96. The van der Waals surface area contributed by atoms with E-state index in [-0.39, 0.29) is 41.8 Å². The lowest BCUT2D eigenvalue weighted by Crippen LogP contribution is -2.46. The maximum Gasteiger partial charge on any atom is 0.270 e. The average Bonchev–Trinajstić information content (AvgIpc) is 3.56. The summed E-state index contributed by atoms with van der Waals surface area (Å²) in [5, 5.41) is 12.9. The van der Waals surface area contributed by atoms with Gasteiger partial charge in [0.05, 0.1) is 19.1 Å². The number of halogens is 1. The number of nitrogens with zero attached hydrogens (tertiary/aromatic N) is 4. The molecule has 1 aromatic carbocycles. The highest BCUT2D eigenvalue weighted by atomic mass is 19.1. The highest BCUT2D eigenvalue weighted by molar-refractivity contribution is 5.98. The SMILES string of the molecule is CC1(CNC(=O)c2cc(C(=O)NCc3ccc4c(c3)NC(=O)CO4)nc3ccnn23)CC2=CCN(C2)C1.CF. The van der Waals surface area contributed by atoms with Crippen LogP contribution in [-0.4, -0.2) is 77.2 Å². The van der Waals surface area contributed by atoms with Gasteiger partial charge in [-0.3, -0.25) is 23.7 Å². The molecule has 39 heavy (non-hydrogen) atoms. The lowest BCUT2D eigenvalue weighted by molar-refractivity contribution is -0.118. The second-order valence-corrected chi connectivity index (χ2v) is 10.2. The third-order valence-corrected chi connectivity index (χ3v) is 6.95. The van der Waals surface area contributed by atoms with Gasteiger partial charge in [-0.25, -0.2) is 9.50 Å². The molecule has 0 aliphatic carbocycles. The standard InChI is InChI=1S/C26H27N7O4.CH3F/c1-26(10-17-5-7-32(12-17)15-26)14-28-25(36)20-9-19(30-22-4-6-29-33(20)22)24(35)27-11-16-2-3-21-18(8-16)31-23(34)13-37-21;1-2/h2-6,8-9H,7,10-15H2,1H3,(H,27,35)(H,28,36)(H,31,34);1H3. The zero-order valence-corrected chi connectivity index (χ0v) is 21.8. The quantitative estimate of drug-likeness (QED) is 0.412. The molecule has 204 valence electrons. The van der Waals surface area contributed by atoms with Crippen LogP contribution in [0, 0.1) is 5.41 Å². The molecule has 1 fully saturated rings. The summed E-state index contributed by atoms with van der Waals surface area (Å²) in [6.07, 6.45) is 4.79. The summed E-state index contributed by atoms with van der Waals surface area (Å²) in [7, 11) is 0.500. The van der Waals surface area contributed by atoms with Crippen LogP contribution >= 0.6 is 0 Å². The van der Waals surface area contributed by atoms with Gasteiger partial charge >= 0.3 is 0 Å². The maximum atomic E-state index is 13.2. The molecule has 2 aromatic heterocycles. The number of anilines is 1. The number of nitrogens with one attached hydrogen (secondary N) is 3. The van der Waals surface area contributed by atoms with Crippen LogP contribution < -0.4 is 20.7 Å². The van der Waals surface area contributed by atoms with Crippen LogP contribution in [0.5, 0.6) is 5.75 Å². The van der Waals surface area contributed by atoms with Gasteiger partial charge in [0.15, 0.2) is 12.3 Å². The highest BCUT2D eigenvalue weighted by Gasteiger charge is 2.36. The first-order chi connectivity index (χ1) is 18.8. The Balaban J connectivity index is 0.00000151. The number of rotatable bonds is 6. The molecule has 3 aliphatic rings. The molecule has 6 rings (SSSR count). The third-order valence-electron chi connectivity index (χ3n) is 6.95. The number of carbonyl (C=O) groups excluding carboxylic acids is 3. The molecule has 0 spiro atoms. The molecule has 3 aromatic rings. The van der Waals surface area contributed by atoms with Gasteiger partial charge in [-0.1, -0.05) is 24.6 Å². The summed E-state index contributed by atoms with van der Waals surface area (Å²) in [5.41, 5.74) is 3.49. The second-order valence-electron chi connectivity index (χ2n) is 10.2. The summed E-state index contributed by atoms with van der Waals surface area (Å²) < 4.78 is 16.3. The van der Waals surface area contributed by atoms with E-state index in [1.165, 1.54) is 16.2 Å². The van der Waals surface area contributed by atoms with E-state index in [2.05, 4.69) is 43.9 Å². The summed E-state index contributed by atoms with van der Waals surface area (Å²) >= 11 is 0. The van der Waals surface area contributed by atoms with Crippen LogP contribution in [0.4, 0.5) is 10.1 Å². The minimum atomic E-state index is -0.425. The molecule has 0 radical (unpaired) electrons. The summed E-state index contributed by atoms with van der Waals surface area (Å²) in [6.45, 7) is 5.82. The van der Waals surface area contributed by atoms with Gasteiger partial charge in [0.2, 0.25) is 0 Å². The van der Waals surface area contributed by atoms with Gasteiger partial charge in [0.1, 0.15) is 17.1 Å². The van der Waals surface area contributed by atoms with Crippen LogP contribution in [-0.2, 0) is 11.3 Å². The fraction of sp³-hybridized carbons (Fsp3) is 0.370. The van der Waals surface area contributed by atoms with Crippen molar-refractivity contribution in [3.63, 3.8) is 0 Å². The van der Waals surface area contributed by atoms with E-state index in [1.54, 1.807) is 24.4 Å². The first-order valence-electron chi connectivity index (χ1n) is 12.6. The molecule has 1 saturated heterocycles. The normalized spacial score (nSPS) is 21.1. The van der Waals surface area contributed by atoms with E-state index < -0.39 is 5.91 Å². The highest BCUT2D eigenvalue weighted by Crippen LogP contribution is 2.35. The fourth-order valence-electron chi connectivity index (χ4n) is 5.27. The second kappa shape index (κ2) is 10.8. The van der Waals surface area contributed by atoms with Crippen molar-refractivity contribution in [3.05, 3.63) is 65.1 Å². The van der Waals surface area contributed by atoms with Crippen LogP contribution in [0.3, 0.4) is 0 Å². The number of benzene rings is 1. The molecule has 2 bridgehead atoms. The van der Waals surface area contributed by atoms with Crippen molar-refractivity contribution in [2.45, 2.75) is 19.9 Å². The molecule has 11 nitrogen and oxygen atoms in total. The number of piperidine rings is 1. The number of fused-ring (bicyclic) bond motifs is 4. The molecular weight excluding hydrogens is 505 g/mol. The number of hydrogen-bond donors (Lipinski definition) is 3. The Kier molecular flexibility index (Phi) is 7.29. The molecule has 3 N–H and O–H groups in total. The molecule has 3 amide bonds. The van der Waals surface area contributed by atoms with Crippen molar-refractivity contribution < 1.29 is 23.5 Å². The Hall–Kier alpha value is -4.32. The fourth-order valence-corrected chi connectivity index (χ4v) is 5.27. The van der Waals surface area contributed by atoms with Gasteiger partial charge in [0, 0.05) is 50.3 Å². The topological polar surface area (TPSA) is 130 Å². The Morgan fingerprint density at radius 2 is 2.03 bits per heavy atom.